The van der Waals surface area contributed by atoms with Gasteiger partial charge in [-0.05, 0) is 76.6 Å². The second kappa shape index (κ2) is 8.95. The number of likely N-dealkylation sites (tertiary alicyclic amines) is 1. The van der Waals surface area contributed by atoms with E-state index >= 15 is 0 Å². The molecule has 0 saturated carbocycles. The average Bonchev–Trinajstić information content (AvgIpc) is 2.57. The Labute approximate surface area is 162 Å². The molecule has 6 nitrogen and oxygen atoms in total. The van der Waals surface area contributed by atoms with Crippen molar-refractivity contribution >= 4 is 15.9 Å². The van der Waals surface area contributed by atoms with Crippen molar-refractivity contribution in [2.24, 2.45) is 5.92 Å². The highest BCUT2D eigenvalue weighted by Gasteiger charge is 2.26. The molecule has 0 atom stereocenters. The molecule has 0 N–H and O–H groups in total. The molecule has 7 heteroatoms. The van der Waals surface area contributed by atoms with Gasteiger partial charge in [-0.2, -0.15) is 0 Å². The number of amides is 1. The molecule has 0 aromatic heterocycles. The molecule has 0 aliphatic carbocycles. The van der Waals surface area contributed by atoms with Crippen LogP contribution in [0.3, 0.4) is 0 Å². The summed E-state index contributed by atoms with van der Waals surface area (Å²) in [7, 11) is -3.17. The van der Waals surface area contributed by atoms with Crippen LogP contribution in [0.2, 0.25) is 0 Å². The molecule has 1 fully saturated rings. The van der Waals surface area contributed by atoms with Crippen LogP contribution in [0.1, 0.15) is 46.5 Å². The first-order valence-electron chi connectivity index (χ1n) is 9.45. The van der Waals surface area contributed by atoms with Crippen molar-refractivity contribution in [2.75, 3.05) is 26.0 Å². The number of hydrogen-bond donors (Lipinski definition) is 0. The largest absolute Gasteiger partial charge is 0.494 e. The molecule has 1 aliphatic rings. The molecule has 27 heavy (non-hydrogen) atoms. The summed E-state index contributed by atoms with van der Waals surface area (Å²) in [6.45, 7) is 7.73. The summed E-state index contributed by atoms with van der Waals surface area (Å²) in [6.07, 6.45) is 4.94. The zero-order valence-electron chi connectivity index (χ0n) is 16.7. The van der Waals surface area contributed by atoms with Crippen LogP contribution >= 0.6 is 0 Å². The van der Waals surface area contributed by atoms with Gasteiger partial charge in [0, 0.05) is 19.3 Å². The summed E-state index contributed by atoms with van der Waals surface area (Å²) >= 11 is 0. The third-order valence-corrected chi connectivity index (χ3v) is 5.67. The predicted molar refractivity (Wildman–Crippen MR) is 105 cm³/mol. The van der Waals surface area contributed by atoms with Gasteiger partial charge in [-0.25, -0.2) is 13.2 Å². The predicted octanol–water partition coefficient (Wildman–Crippen LogP) is 3.90. The lowest BCUT2D eigenvalue weighted by atomic mass is 9.92. The number of rotatable bonds is 6. The van der Waals surface area contributed by atoms with Gasteiger partial charge in [0.15, 0.2) is 9.84 Å². The monoisotopic (exact) mass is 397 g/mol. The molecule has 0 radical (unpaired) electrons. The van der Waals surface area contributed by atoms with E-state index in [4.69, 9.17) is 9.47 Å². The molecular weight excluding hydrogens is 366 g/mol. The van der Waals surface area contributed by atoms with Crippen LogP contribution in [0.25, 0.3) is 0 Å². The third kappa shape index (κ3) is 7.40. The molecule has 0 unspecified atom stereocenters. The maximum atomic E-state index is 12.1. The first-order chi connectivity index (χ1) is 12.5. The first kappa shape index (κ1) is 21.5. The minimum atomic E-state index is -3.17. The van der Waals surface area contributed by atoms with Crippen molar-refractivity contribution in [1.82, 2.24) is 4.90 Å². The maximum Gasteiger partial charge on any atom is 0.410 e. The molecule has 0 bridgehead atoms. The van der Waals surface area contributed by atoms with Gasteiger partial charge < -0.3 is 14.4 Å². The summed E-state index contributed by atoms with van der Waals surface area (Å²) in [5.74, 6) is 1.28. The van der Waals surface area contributed by atoms with Gasteiger partial charge in [-0.1, -0.05) is 0 Å². The smallest absolute Gasteiger partial charge is 0.410 e. The Morgan fingerprint density at radius 1 is 1.15 bits per heavy atom. The minimum absolute atomic E-state index is 0.221. The Hall–Kier alpha value is -1.76. The lowest BCUT2D eigenvalue weighted by molar-refractivity contribution is 0.0179. The van der Waals surface area contributed by atoms with Crippen molar-refractivity contribution in [3.05, 3.63) is 24.3 Å². The van der Waals surface area contributed by atoms with Gasteiger partial charge in [0.25, 0.3) is 0 Å². The zero-order valence-corrected chi connectivity index (χ0v) is 17.5. The summed E-state index contributed by atoms with van der Waals surface area (Å²) in [5, 5.41) is 0. The second-order valence-corrected chi connectivity index (χ2v) is 10.2. The van der Waals surface area contributed by atoms with Crippen LogP contribution in [0.4, 0.5) is 4.79 Å². The number of ether oxygens (including phenoxy) is 2. The first-order valence-corrected chi connectivity index (χ1v) is 11.3. The SMILES string of the molecule is CC(C)(C)OC(=O)N1CCC(CCCOc2ccc(S(C)(=O)=O)cc2)CC1. The van der Waals surface area contributed by atoms with Crippen LogP contribution in [0, 0.1) is 5.92 Å². The van der Waals surface area contributed by atoms with Crippen molar-refractivity contribution in [3.8, 4) is 5.75 Å². The van der Waals surface area contributed by atoms with E-state index in [9.17, 15) is 13.2 Å². The molecule has 0 spiro atoms. The zero-order chi connectivity index (χ0) is 20.1. The molecule has 1 aliphatic heterocycles. The van der Waals surface area contributed by atoms with E-state index in [1.54, 1.807) is 29.2 Å². The molecule has 1 amide bonds. The summed E-state index contributed by atoms with van der Waals surface area (Å²) in [5.41, 5.74) is -0.454. The van der Waals surface area contributed by atoms with E-state index in [2.05, 4.69) is 0 Å². The van der Waals surface area contributed by atoms with E-state index in [-0.39, 0.29) is 6.09 Å². The second-order valence-electron chi connectivity index (χ2n) is 8.15. The van der Waals surface area contributed by atoms with E-state index in [0.717, 1.165) is 38.8 Å². The highest BCUT2D eigenvalue weighted by molar-refractivity contribution is 7.90. The Morgan fingerprint density at radius 3 is 2.26 bits per heavy atom. The fourth-order valence-corrected chi connectivity index (χ4v) is 3.71. The lowest BCUT2D eigenvalue weighted by Gasteiger charge is -2.33. The summed E-state index contributed by atoms with van der Waals surface area (Å²) < 4.78 is 34.0. The van der Waals surface area contributed by atoms with Gasteiger partial charge in [-0.15, -0.1) is 0 Å². The van der Waals surface area contributed by atoms with Crippen molar-refractivity contribution in [3.63, 3.8) is 0 Å². The molecule has 1 heterocycles. The molecule has 1 saturated heterocycles. The number of carbonyl (C=O) groups is 1. The number of carbonyl (C=O) groups excluding carboxylic acids is 1. The number of piperidine rings is 1. The fraction of sp³-hybridized carbons (Fsp3) is 0.650. The average molecular weight is 398 g/mol. The number of nitrogens with zero attached hydrogens (tertiary/aromatic N) is 1. The number of sulfone groups is 1. The van der Waals surface area contributed by atoms with Gasteiger partial charge >= 0.3 is 6.09 Å². The summed E-state index contributed by atoms with van der Waals surface area (Å²) in [6, 6.07) is 6.51. The van der Waals surface area contributed by atoms with Crippen molar-refractivity contribution in [1.29, 1.82) is 0 Å². The normalized spacial score (nSPS) is 16.2. The molecule has 2 rings (SSSR count). The van der Waals surface area contributed by atoms with Gasteiger partial charge in [0.05, 0.1) is 11.5 Å². The van der Waals surface area contributed by atoms with Crippen LogP contribution in [0.15, 0.2) is 29.2 Å². The third-order valence-electron chi connectivity index (χ3n) is 4.54. The maximum absolute atomic E-state index is 12.1. The Morgan fingerprint density at radius 2 is 1.74 bits per heavy atom. The highest BCUT2D eigenvalue weighted by Crippen LogP contribution is 2.24. The molecule has 152 valence electrons. The van der Waals surface area contributed by atoms with Gasteiger partial charge in [0.1, 0.15) is 11.4 Å². The van der Waals surface area contributed by atoms with E-state index in [1.807, 2.05) is 20.8 Å². The van der Waals surface area contributed by atoms with Crippen LogP contribution in [0.5, 0.6) is 5.75 Å². The van der Waals surface area contributed by atoms with Crippen LogP contribution < -0.4 is 4.74 Å². The van der Waals surface area contributed by atoms with Crippen molar-refractivity contribution < 1.29 is 22.7 Å². The minimum Gasteiger partial charge on any atom is -0.494 e. The van der Waals surface area contributed by atoms with E-state index < -0.39 is 15.4 Å². The van der Waals surface area contributed by atoms with E-state index in [0.29, 0.717) is 23.2 Å². The lowest BCUT2D eigenvalue weighted by Crippen LogP contribution is -2.41. The standard InChI is InChI=1S/C20H31NO5S/c1-20(2,3)26-19(22)21-13-11-16(12-14-21)6-5-15-25-17-7-9-18(10-8-17)27(4,23)24/h7-10,16H,5-6,11-15H2,1-4H3. The Bertz CT molecular complexity index is 714. The molecular formula is C20H31NO5S. The summed E-state index contributed by atoms with van der Waals surface area (Å²) in [4.78, 5) is 14.2. The van der Waals surface area contributed by atoms with Crippen LogP contribution in [-0.4, -0.2) is 51.0 Å². The fourth-order valence-electron chi connectivity index (χ4n) is 3.08. The van der Waals surface area contributed by atoms with Crippen LogP contribution in [-0.2, 0) is 14.6 Å². The number of benzene rings is 1. The highest BCUT2D eigenvalue weighted by atomic mass is 32.2. The van der Waals surface area contributed by atoms with E-state index in [1.165, 1.54) is 6.26 Å². The quantitative estimate of drug-likeness (QED) is 0.681. The molecule has 1 aromatic rings. The Kier molecular flexibility index (Phi) is 7.14. The van der Waals surface area contributed by atoms with Gasteiger partial charge in [0.2, 0.25) is 0 Å². The Balaban J connectivity index is 1.65. The van der Waals surface area contributed by atoms with Crippen molar-refractivity contribution in [2.45, 2.75) is 57.0 Å². The number of hydrogen-bond acceptors (Lipinski definition) is 5. The topological polar surface area (TPSA) is 72.9 Å². The molecule has 1 aromatic carbocycles. The van der Waals surface area contributed by atoms with Gasteiger partial charge in [-0.3, -0.25) is 0 Å².